The van der Waals surface area contributed by atoms with E-state index >= 15 is 0 Å². The molecule has 0 aliphatic heterocycles. The van der Waals surface area contributed by atoms with Crippen molar-refractivity contribution in [2.24, 2.45) is 0 Å². The summed E-state index contributed by atoms with van der Waals surface area (Å²) < 4.78 is 5.21. The number of rotatable bonds is 5. The van der Waals surface area contributed by atoms with Crippen LogP contribution in [0.2, 0.25) is 5.02 Å². The number of hydrogen-bond donors (Lipinski definition) is 2. The number of halogens is 1. The first-order chi connectivity index (χ1) is 12.2. The van der Waals surface area contributed by atoms with Gasteiger partial charge >= 0.3 is 0 Å². The Labute approximate surface area is 149 Å². The molecule has 3 rings (SSSR count). The average Bonchev–Trinajstić information content (AvgIpc) is 2.63. The lowest BCUT2D eigenvalue weighted by atomic mass is 10.2. The first kappa shape index (κ1) is 16.7. The number of methoxy groups -OCH3 is 1. The van der Waals surface area contributed by atoms with Crippen LogP contribution in [0.1, 0.15) is 10.5 Å². The predicted octanol–water partition coefficient (Wildman–Crippen LogP) is 4.13. The van der Waals surface area contributed by atoms with Crippen molar-refractivity contribution >= 4 is 34.7 Å². The van der Waals surface area contributed by atoms with E-state index in [1.807, 2.05) is 24.3 Å². The molecule has 0 radical (unpaired) electrons. The molecule has 0 unspecified atom stereocenters. The van der Waals surface area contributed by atoms with E-state index in [4.69, 9.17) is 16.3 Å². The third-order valence-electron chi connectivity index (χ3n) is 3.35. The Morgan fingerprint density at radius 3 is 2.60 bits per heavy atom. The highest BCUT2D eigenvalue weighted by molar-refractivity contribution is 6.30. The average molecular weight is 355 g/mol. The van der Waals surface area contributed by atoms with Crippen LogP contribution >= 0.6 is 11.6 Å². The number of carbonyl (C=O) groups is 1. The molecule has 126 valence electrons. The van der Waals surface area contributed by atoms with Crippen LogP contribution in [0.4, 0.5) is 17.2 Å². The molecule has 2 aromatic carbocycles. The molecule has 0 spiro atoms. The Kier molecular flexibility index (Phi) is 5.11. The van der Waals surface area contributed by atoms with Crippen molar-refractivity contribution in [1.82, 2.24) is 10.2 Å². The van der Waals surface area contributed by atoms with Crippen LogP contribution in [0, 0.1) is 0 Å². The van der Waals surface area contributed by atoms with Crippen LogP contribution in [0.5, 0.6) is 5.75 Å². The normalized spacial score (nSPS) is 10.2. The van der Waals surface area contributed by atoms with Gasteiger partial charge in [0, 0.05) is 10.7 Å². The van der Waals surface area contributed by atoms with Crippen LogP contribution in [-0.2, 0) is 0 Å². The monoisotopic (exact) mass is 354 g/mol. The number of carbonyl (C=O) groups excluding carboxylic acids is 1. The minimum atomic E-state index is -0.369. The third kappa shape index (κ3) is 4.24. The molecule has 2 N–H and O–H groups in total. The second-order valence-electron chi connectivity index (χ2n) is 5.09. The fourth-order valence-electron chi connectivity index (χ4n) is 2.17. The highest BCUT2D eigenvalue weighted by atomic mass is 35.5. The highest BCUT2D eigenvalue weighted by Gasteiger charge is 2.11. The van der Waals surface area contributed by atoms with Gasteiger partial charge in [-0.3, -0.25) is 4.79 Å². The Morgan fingerprint density at radius 2 is 1.88 bits per heavy atom. The first-order valence-corrected chi connectivity index (χ1v) is 7.84. The Balaban J connectivity index is 1.70. The van der Waals surface area contributed by atoms with Crippen LogP contribution in [-0.4, -0.2) is 23.2 Å². The number of benzene rings is 2. The molecule has 25 heavy (non-hydrogen) atoms. The lowest BCUT2D eigenvalue weighted by molar-refractivity contribution is 0.102. The largest absolute Gasteiger partial charge is 0.495 e. The molecule has 1 heterocycles. The van der Waals surface area contributed by atoms with Gasteiger partial charge in [-0.1, -0.05) is 29.8 Å². The quantitative estimate of drug-likeness (QED) is 0.720. The van der Waals surface area contributed by atoms with Crippen molar-refractivity contribution in [2.75, 3.05) is 17.7 Å². The summed E-state index contributed by atoms with van der Waals surface area (Å²) in [5, 5.41) is 14.4. The van der Waals surface area contributed by atoms with Gasteiger partial charge < -0.3 is 15.4 Å². The van der Waals surface area contributed by atoms with Crippen molar-refractivity contribution in [3.63, 3.8) is 0 Å². The Bertz CT molecular complexity index is 884. The molecule has 1 aromatic heterocycles. The zero-order valence-corrected chi connectivity index (χ0v) is 14.1. The van der Waals surface area contributed by atoms with E-state index in [0.29, 0.717) is 22.3 Å². The van der Waals surface area contributed by atoms with Crippen LogP contribution in [0.25, 0.3) is 0 Å². The molecular weight excluding hydrogens is 340 g/mol. The van der Waals surface area contributed by atoms with Gasteiger partial charge in [0.25, 0.3) is 5.91 Å². The minimum Gasteiger partial charge on any atom is -0.495 e. The van der Waals surface area contributed by atoms with Crippen molar-refractivity contribution in [1.29, 1.82) is 0 Å². The Morgan fingerprint density at radius 1 is 1.04 bits per heavy atom. The van der Waals surface area contributed by atoms with Crippen LogP contribution in [0.15, 0.2) is 60.7 Å². The highest BCUT2D eigenvalue weighted by Crippen LogP contribution is 2.23. The van der Waals surface area contributed by atoms with Crippen molar-refractivity contribution in [3.05, 3.63) is 71.4 Å². The first-order valence-electron chi connectivity index (χ1n) is 7.46. The molecule has 0 fully saturated rings. The zero-order valence-electron chi connectivity index (χ0n) is 13.4. The van der Waals surface area contributed by atoms with E-state index in [2.05, 4.69) is 20.8 Å². The molecule has 0 bridgehead atoms. The zero-order chi connectivity index (χ0) is 17.6. The summed E-state index contributed by atoms with van der Waals surface area (Å²) in [4.78, 5) is 12.3. The van der Waals surface area contributed by atoms with Crippen molar-refractivity contribution in [3.8, 4) is 5.75 Å². The maximum absolute atomic E-state index is 12.3. The number of ether oxygens (including phenoxy) is 1. The number of aromatic nitrogens is 2. The fourth-order valence-corrected chi connectivity index (χ4v) is 2.36. The Hall–Kier alpha value is -3.12. The number of amides is 1. The number of anilines is 3. The van der Waals surface area contributed by atoms with Crippen molar-refractivity contribution < 1.29 is 9.53 Å². The molecular formula is C18H15ClN4O2. The SMILES string of the molecule is COc1ccccc1NC(=O)c1ccc(Nc2cccc(Cl)c2)nn1. The van der Waals surface area contributed by atoms with E-state index in [1.54, 1.807) is 43.5 Å². The van der Waals surface area contributed by atoms with Gasteiger partial charge in [-0.15, -0.1) is 10.2 Å². The standard InChI is InChI=1S/C18H15ClN4O2/c1-25-16-8-3-2-7-14(16)21-18(24)15-9-10-17(23-22-15)20-13-6-4-5-12(19)11-13/h2-11H,1H3,(H,20,23)(H,21,24). The lowest BCUT2D eigenvalue weighted by Gasteiger charge is -2.09. The molecule has 7 heteroatoms. The van der Waals surface area contributed by atoms with E-state index in [1.165, 1.54) is 0 Å². The summed E-state index contributed by atoms with van der Waals surface area (Å²) in [6.07, 6.45) is 0. The molecule has 6 nitrogen and oxygen atoms in total. The van der Waals surface area contributed by atoms with Crippen LogP contribution < -0.4 is 15.4 Å². The number of nitrogens with one attached hydrogen (secondary N) is 2. The summed E-state index contributed by atoms with van der Waals surface area (Å²) in [6, 6.07) is 17.6. The number of hydrogen-bond acceptors (Lipinski definition) is 5. The molecule has 1 amide bonds. The van der Waals surface area contributed by atoms with E-state index in [-0.39, 0.29) is 11.6 Å². The summed E-state index contributed by atoms with van der Waals surface area (Å²) in [7, 11) is 1.54. The van der Waals surface area contributed by atoms with Gasteiger partial charge in [0.15, 0.2) is 11.5 Å². The fraction of sp³-hybridized carbons (Fsp3) is 0.0556. The van der Waals surface area contributed by atoms with Gasteiger partial charge in [-0.25, -0.2) is 0 Å². The molecule has 0 aliphatic carbocycles. The predicted molar refractivity (Wildman–Crippen MR) is 97.7 cm³/mol. The topological polar surface area (TPSA) is 76.1 Å². The summed E-state index contributed by atoms with van der Waals surface area (Å²) in [5.74, 6) is 0.713. The van der Waals surface area contributed by atoms with Crippen molar-refractivity contribution in [2.45, 2.75) is 0 Å². The molecule has 0 saturated heterocycles. The van der Waals surface area contributed by atoms with Gasteiger partial charge in [0.05, 0.1) is 12.8 Å². The van der Waals surface area contributed by atoms with Gasteiger partial charge in [0.1, 0.15) is 5.75 Å². The molecule has 0 atom stereocenters. The lowest BCUT2D eigenvalue weighted by Crippen LogP contribution is -2.15. The maximum Gasteiger partial charge on any atom is 0.276 e. The summed E-state index contributed by atoms with van der Waals surface area (Å²) >= 11 is 5.94. The second-order valence-corrected chi connectivity index (χ2v) is 5.53. The third-order valence-corrected chi connectivity index (χ3v) is 3.58. The minimum absolute atomic E-state index is 0.197. The summed E-state index contributed by atoms with van der Waals surface area (Å²) in [5.41, 5.74) is 1.55. The summed E-state index contributed by atoms with van der Waals surface area (Å²) in [6.45, 7) is 0. The number of nitrogens with zero attached hydrogens (tertiary/aromatic N) is 2. The molecule has 0 aliphatic rings. The van der Waals surface area contributed by atoms with E-state index in [0.717, 1.165) is 5.69 Å². The van der Waals surface area contributed by atoms with Gasteiger partial charge in [-0.05, 0) is 42.5 Å². The van der Waals surface area contributed by atoms with E-state index in [9.17, 15) is 4.79 Å². The molecule has 3 aromatic rings. The number of para-hydroxylation sites is 2. The van der Waals surface area contributed by atoms with Crippen LogP contribution in [0.3, 0.4) is 0 Å². The van der Waals surface area contributed by atoms with E-state index < -0.39 is 0 Å². The van der Waals surface area contributed by atoms with Gasteiger partial charge in [-0.2, -0.15) is 0 Å². The smallest absolute Gasteiger partial charge is 0.276 e. The maximum atomic E-state index is 12.3. The molecule has 0 saturated carbocycles. The second kappa shape index (κ2) is 7.63. The van der Waals surface area contributed by atoms with Gasteiger partial charge in [0.2, 0.25) is 0 Å².